The molecule has 1 aromatic rings. The normalized spacial score (nSPS) is 12.7. The van der Waals surface area contributed by atoms with Crippen LogP contribution in [0.25, 0.3) is 0 Å². The summed E-state index contributed by atoms with van der Waals surface area (Å²) in [5.74, 6) is -2.20. The summed E-state index contributed by atoms with van der Waals surface area (Å²) in [6, 6.07) is 7.92. The lowest BCUT2D eigenvalue weighted by Crippen LogP contribution is -2.28. The number of aliphatic carboxylic acids is 1. The van der Waals surface area contributed by atoms with Crippen LogP contribution in [0, 0.1) is 5.92 Å². The summed E-state index contributed by atoms with van der Waals surface area (Å²) in [6.45, 7) is 7.43. The quantitative estimate of drug-likeness (QED) is 0.782. The molecule has 0 radical (unpaired) electrons. The number of hydrogen-bond acceptors (Lipinski definition) is 3. The van der Waals surface area contributed by atoms with Crippen LogP contribution in [0.1, 0.15) is 51.7 Å². The Balaban J connectivity index is 2.68. The molecule has 0 heterocycles. The van der Waals surface area contributed by atoms with E-state index in [1.54, 1.807) is 20.8 Å². The summed E-state index contributed by atoms with van der Waals surface area (Å²) in [6.07, 6.45) is 2.32. The van der Waals surface area contributed by atoms with Gasteiger partial charge in [-0.05, 0) is 44.7 Å². The van der Waals surface area contributed by atoms with Crippen molar-refractivity contribution in [2.24, 2.45) is 5.92 Å². The first-order chi connectivity index (χ1) is 10.2. The molecule has 0 fully saturated rings. The van der Waals surface area contributed by atoms with Crippen LogP contribution in [0.4, 0.5) is 0 Å². The monoisotopic (exact) mass is 306 g/mol. The molecule has 122 valence electrons. The maximum absolute atomic E-state index is 11.8. The zero-order valence-corrected chi connectivity index (χ0v) is 13.9. The van der Waals surface area contributed by atoms with Crippen molar-refractivity contribution in [1.82, 2.24) is 0 Å². The fourth-order valence-corrected chi connectivity index (χ4v) is 2.25. The van der Waals surface area contributed by atoms with Gasteiger partial charge in [-0.15, -0.1) is 0 Å². The lowest BCUT2D eigenvalue weighted by molar-refractivity contribution is -0.159. The predicted octanol–water partition coefficient (Wildman–Crippen LogP) is 3.61. The number of benzene rings is 1. The molecule has 0 saturated carbocycles. The number of aryl methyl sites for hydroxylation is 1. The molecule has 0 spiro atoms. The Bertz CT molecular complexity index is 497. The van der Waals surface area contributed by atoms with Gasteiger partial charge in [0.15, 0.2) is 0 Å². The lowest BCUT2D eigenvalue weighted by atomic mass is 9.95. The van der Waals surface area contributed by atoms with Gasteiger partial charge in [-0.3, -0.25) is 9.59 Å². The number of rotatable bonds is 7. The van der Waals surface area contributed by atoms with Gasteiger partial charge in [0.25, 0.3) is 0 Å². The number of esters is 1. The Hall–Kier alpha value is -1.84. The predicted molar refractivity (Wildman–Crippen MR) is 85.7 cm³/mol. The number of hydrogen-bond donors (Lipinski definition) is 1. The molecule has 22 heavy (non-hydrogen) atoms. The molecule has 0 aliphatic rings. The second kappa shape index (κ2) is 7.97. The van der Waals surface area contributed by atoms with Crippen LogP contribution in [0.3, 0.4) is 0 Å². The molecule has 1 atom stereocenters. The van der Waals surface area contributed by atoms with Gasteiger partial charge in [0.1, 0.15) is 5.60 Å². The maximum Gasteiger partial charge on any atom is 0.307 e. The average molecular weight is 306 g/mol. The molecule has 4 heteroatoms. The molecule has 0 aliphatic heterocycles. The molecular formula is C18H26O4. The Morgan fingerprint density at radius 1 is 1.14 bits per heavy atom. The minimum absolute atomic E-state index is 0.108. The van der Waals surface area contributed by atoms with E-state index in [0.29, 0.717) is 6.42 Å². The number of carbonyl (C=O) groups is 2. The molecule has 0 saturated heterocycles. The molecule has 4 nitrogen and oxygen atoms in total. The highest BCUT2D eigenvalue weighted by molar-refractivity contribution is 5.79. The third-order valence-electron chi connectivity index (χ3n) is 3.23. The highest BCUT2D eigenvalue weighted by atomic mass is 16.6. The van der Waals surface area contributed by atoms with Crippen LogP contribution in [0.5, 0.6) is 0 Å². The van der Waals surface area contributed by atoms with E-state index in [9.17, 15) is 14.7 Å². The first-order valence-corrected chi connectivity index (χ1v) is 7.73. The van der Waals surface area contributed by atoms with Crippen molar-refractivity contribution in [3.05, 3.63) is 35.4 Å². The van der Waals surface area contributed by atoms with Crippen molar-refractivity contribution in [1.29, 1.82) is 0 Å². The van der Waals surface area contributed by atoms with Crippen LogP contribution in [0.2, 0.25) is 0 Å². The summed E-state index contributed by atoms with van der Waals surface area (Å²) in [4.78, 5) is 23.2. The van der Waals surface area contributed by atoms with Crippen molar-refractivity contribution >= 4 is 11.9 Å². The zero-order chi connectivity index (χ0) is 16.8. The largest absolute Gasteiger partial charge is 0.481 e. The van der Waals surface area contributed by atoms with Crippen molar-refractivity contribution in [2.45, 2.75) is 59.0 Å². The van der Waals surface area contributed by atoms with Crippen LogP contribution in [-0.4, -0.2) is 22.6 Å². The van der Waals surface area contributed by atoms with Gasteiger partial charge in [-0.2, -0.15) is 0 Å². The zero-order valence-electron chi connectivity index (χ0n) is 13.9. The molecule has 0 bridgehead atoms. The summed E-state index contributed by atoms with van der Waals surface area (Å²) < 4.78 is 5.20. The lowest BCUT2D eigenvalue weighted by Gasteiger charge is -2.21. The summed E-state index contributed by atoms with van der Waals surface area (Å²) >= 11 is 0. The fraction of sp³-hybridized carbons (Fsp3) is 0.556. The van der Waals surface area contributed by atoms with Crippen molar-refractivity contribution < 1.29 is 19.4 Å². The van der Waals surface area contributed by atoms with E-state index >= 15 is 0 Å². The second-order valence-electron chi connectivity index (χ2n) is 6.60. The van der Waals surface area contributed by atoms with Crippen molar-refractivity contribution in [3.63, 3.8) is 0 Å². The third-order valence-corrected chi connectivity index (χ3v) is 3.23. The summed E-state index contributed by atoms with van der Waals surface area (Å²) in [5.41, 5.74) is 1.57. The summed E-state index contributed by atoms with van der Waals surface area (Å²) in [5, 5.41) is 9.31. The fourth-order valence-electron chi connectivity index (χ4n) is 2.25. The van der Waals surface area contributed by atoms with E-state index < -0.39 is 23.5 Å². The summed E-state index contributed by atoms with van der Waals surface area (Å²) in [7, 11) is 0. The maximum atomic E-state index is 11.8. The van der Waals surface area contributed by atoms with Gasteiger partial charge in [-0.25, -0.2) is 0 Å². The third kappa shape index (κ3) is 6.74. The number of carboxylic acids is 1. The minimum atomic E-state index is -0.969. The highest BCUT2D eigenvalue weighted by Gasteiger charge is 2.25. The van der Waals surface area contributed by atoms with Gasteiger partial charge >= 0.3 is 11.9 Å². The van der Waals surface area contributed by atoms with E-state index in [0.717, 1.165) is 18.4 Å². The van der Waals surface area contributed by atoms with Crippen LogP contribution in [-0.2, 0) is 27.2 Å². The van der Waals surface area contributed by atoms with Gasteiger partial charge in [0.2, 0.25) is 0 Å². The molecule has 0 amide bonds. The smallest absolute Gasteiger partial charge is 0.307 e. The SMILES string of the molecule is CCCc1ccc(C[C@H](CC(=O)OC(C)(C)C)C(=O)O)cc1. The van der Waals surface area contributed by atoms with Gasteiger partial charge < -0.3 is 9.84 Å². The van der Waals surface area contributed by atoms with Crippen LogP contribution >= 0.6 is 0 Å². The molecule has 0 aliphatic carbocycles. The molecule has 1 rings (SSSR count). The Labute approximate surface area is 132 Å². The first-order valence-electron chi connectivity index (χ1n) is 7.73. The van der Waals surface area contributed by atoms with Gasteiger partial charge in [0, 0.05) is 0 Å². The van der Waals surface area contributed by atoms with Gasteiger partial charge in [0.05, 0.1) is 12.3 Å². The topological polar surface area (TPSA) is 63.6 Å². The van der Waals surface area contributed by atoms with Crippen LogP contribution < -0.4 is 0 Å². The number of carbonyl (C=O) groups excluding carboxylic acids is 1. The minimum Gasteiger partial charge on any atom is -0.481 e. The molecule has 0 aromatic heterocycles. The van der Waals surface area contributed by atoms with Crippen LogP contribution in [0.15, 0.2) is 24.3 Å². The van der Waals surface area contributed by atoms with Crippen molar-refractivity contribution in [2.75, 3.05) is 0 Å². The van der Waals surface area contributed by atoms with E-state index in [-0.39, 0.29) is 6.42 Å². The van der Waals surface area contributed by atoms with E-state index in [2.05, 4.69) is 6.92 Å². The van der Waals surface area contributed by atoms with E-state index in [1.807, 2.05) is 24.3 Å². The molecule has 1 N–H and O–H groups in total. The Morgan fingerprint density at radius 3 is 2.14 bits per heavy atom. The first kappa shape index (κ1) is 18.2. The molecular weight excluding hydrogens is 280 g/mol. The van der Waals surface area contributed by atoms with E-state index in [1.165, 1.54) is 5.56 Å². The highest BCUT2D eigenvalue weighted by Crippen LogP contribution is 2.17. The molecule has 0 unspecified atom stereocenters. The Morgan fingerprint density at radius 2 is 1.68 bits per heavy atom. The Kier molecular flexibility index (Phi) is 6.60. The van der Waals surface area contributed by atoms with Gasteiger partial charge in [-0.1, -0.05) is 37.6 Å². The average Bonchev–Trinajstić information content (AvgIpc) is 2.38. The van der Waals surface area contributed by atoms with E-state index in [4.69, 9.17) is 4.74 Å². The number of ether oxygens (including phenoxy) is 1. The van der Waals surface area contributed by atoms with Crippen molar-refractivity contribution in [3.8, 4) is 0 Å². The molecule has 1 aromatic carbocycles. The second-order valence-corrected chi connectivity index (χ2v) is 6.60. The number of carboxylic acid groups (broad SMARTS) is 1. The standard InChI is InChI=1S/C18H26O4/c1-5-6-13-7-9-14(10-8-13)11-15(17(20)21)12-16(19)22-18(2,3)4/h7-10,15H,5-6,11-12H2,1-4H3,(H,20,21)/t15-/m1/s1.